The normalized spacial score (nSPS) is 10.2. The fourth-order valence-corrected chi connectivity index (χ4v) is 2.08. The first-order chi connectivity index (χ1) is 10.0. The molecule has 0 saturated carbocycles. The van der Waals surface area contributed by atoms with Crippen molar-refractivity contribution < 1.29 is 9.53 Å². The van der Waals surface area contributed by atoms with Gasteiger partial charge in [0.25, 0.3) is 5.91 Å². The SMILES string of the molecule is COc1ccc(CNc2nccc(C)c2C(N)=O)cc1N. The van der Waals surface area contributed by atoms with E-state index < -0.39 is 5.91 Å². The van der Waals surface area contributed by atoms with Crippen LogP contribution in [0.15, 0.2) is 30.5 Å². The Morgan fingerprint density at radius 1 is 1.38 bits per heavy atom. The summed E-state index contributed by atoms with van der Waals surface area (Å²) in [6, 6.07) is 7.25. The molecular formula is C15H18N4O2. The molecule has 21 heavy (non-hydrogen) atoms. The maximum Gasteiger partial charge on any atom is 0.252 e. The number of aromatic nitrogens is 1. The van der Waals surface area contributed by atoms with Crippen LogP contribution < -0.4 is 21.5 Å². The second-order valence-electron chi connectivity index (χ2n) is 4.65. The molecule has 0 unspecified atom stereocenters. The van der Waals surface area contributed by atoms with E-state index in [1.54, 1.807) is 25.4 Å². The van der Waals surface area contributed by atoms with Gasteiger partial charge in [-0.05, 0) is 36.2 Å². The highest BCUT2D eigenvalue weighted by Gasteiger charge is 2.12. The minimum absolute atomic E-state index is 0.402. The lowest BCUT2D eigenvalue weighted by Crippen LogP contribution is -2.17. The van der Waals surface area contributed by atoms with Crippen LogP contribution in [0, 0.1) is 6.92 Å². The van der Waals surface area contributed by atoms with Crippen molar-refractivity contribution in [1.82, 2.24) is 4.98 Å². The minimum atomic E-state index is -0.502. The number of methoxy groups -OCH3 is 1. The van der Waals surface area contributed by atoms with Crippen molar-refractivity contribution in [3.8, 4) is 5.75 Å². The van der Waals surface area contributed by atoms with E-state index >= 15 is 0 Å². The van der Waals surface area contributed by atoms with Crippen molar-refractivity contribution in [3.63, 3.8) is 0 Å². The van der Waals surface area contributed by atoms with Crippen molar-refractivity contribution in [2.75, 3.05) is 18.2 Å². The van der Waals surface area contributed by atoms with Crippen LogP contribution in [-0.4, -0.2) is 18.0 Å². The van der Waals surface area contributed by atoms with Gasteiger partial charge in [-0.15, -0.1) is 0 Å². The Labute approximate surface area is 123 Å². The molecule has 5 N–H and O–H groups in total. The van der Waals surface area contributed by atoms with Gasteiger partial charge in [-0.3, -0.25) is 4.79 Å². The maximum absolute atomic E-state index is 11.5. The number of benzene rings is 1. The van der Waals surface area contributed by atoms with Gasteiger partial charge in [0.05, 0.1) is 18.4 Å². The van der Waals surface area contributed by atoms with E-state index in [1.165, 1.54) is 0 Å². The zero-order chi connectivity index (χ0) is 15.4. The Balaban J connectivity index is 2.19. The average Bonchev–Trinajstić information content (AvgIpc) is 2.44. The van der Waals surface area contributed by atoms with E-state index in [0.29, 0.717) is 29.4 Å². The number of rotatable bonds is 5. The van der Waals surface area contributed by atoms with Gasteiger partial charge in [-0.1, -0.05) is 6.07 Å². The Morgan fingerprint density at radius 3 is 2.76 bits per heavy atom. The summed E-state index contributed by atoms with van der Waals surface area (Å²) >= 11 is 0. The predicted molar refractivity (Wildman–Crippen MR) is 82.2 cm³/mol. The molecule has 1 aromatic heterocycles. The third-order valence-electron chi connectivity index (χ3n) is 3.16. The van der Waals surface area contributed by atoms with Gasteiger partial charge >= 0.3 is 0 Å². The number of nitrogens with one attached hydrogen (secondary N) is 1. The molecule has 0 aliphatic rings. The van der Waals surface area contributed by atoms with E-state index in [1.807, 2.05) is 19.1 Å². The van der Waals surface area contributed by atoms with Gasteiger partial charge in [0.1, 0.15) is 11.6 Å². The number of carbonyl (C=O) groups excluding carboxylic acids is 1. The Morgan fingerprint density at radius 2 is 2.14 bits per heavy atom. The number of carbonyl (C=O) groups is 1. The fraction of sp³-hybridized carbons (Fsp3) is 0.200. The first-order valence-electron chi connectivity index (χ1n) is 6.44. The first-order valence-corrected chi connectivity index (χ1v) is 6.44. The van der Waals surface area contributed by atoms with Crippen LogP contribution >= 0.6 is 0 Å². The molecule has 0 aliphatic carbocycles. The molecule has 110 valence electrons. The third-order valence-corrected chi connectivity index (χ3v) is 3.16. The first kappa shape index (κ1) is 14.6. The molecule has 1 aromatic carbocycles. The molecule has 2 aromatic rings. The van der Waals surface area contributed by atoms with Crippen molar-refractivity contribution in [2.45, 2.75) is 13.5 Å². The van der Waals surface area contributed by atoms with Gasteiger partial charge in [0, 0.05) is 12.7 Å². The number of nitrogens with two attached hydrogens (primary N) is 2. The van der Waals surface area contributed by atoms with Gasteiger partial charge in [0.15, 0.2) is 0 Å². The number of ether oxygens (including phenoxy) is 1. The van der Waals surface area contributed by atoms with Gasteiger partial charge in [-0.25, -0.2) is 4.98 Å². The summed E-state index contributed by atoms with van der Waals surface area (Å²) in [6.45, 7) is 2.29. The number of hydrogen-bond acceptors (Lipinski definition) is 5. The van der Waals surface area contributed by atoms with Crippen molar-refractivity contribution in [3.05, 3.63) is 47.2 Å². The largest absolute Gasteiger partial charge is 0.495 e. The summed E-state index contributed by atoms with van der Waals surface area (Å²) in [4.78, 5) is 15.7. The maximum atomic E-state index is 11.5. The Hall–Kier alpha value is -2.76. The van der Waals surface area contributed by atoms with Crippen LogP contribution in [0.4, 0.5) is 11.5 Å². The molecule has 1 amide bonds. The molecule has 0 fully saturated rings. The summed E-state index contributed by atoms with van der Waals surface area (Å²) in [7, 11) is 1.57. The molecule has 0 radical (unpaired) electrons. The summed E-state index contributed by atoms with van der Waals surface area (Å²) in [5.74, 6) is 0.597. The zero-order valence-electron chi connectivity index (χ0n) is 12.0. The smallest absolute Gasteiger partial charge is 0.252 e. The quantitative estimate of drug-likeness (QED) is 0.726. The number of pyridine rings is 1. The number of hydrogen-bond donors (Lipinski definition) is 3. The second-order valence-corrected chi connectivity index (χ2v) is 4.65. The molecule has 0 spiro atoms. The van der Waals surface area contributed by atoms with Gasteiger partial charge < -0.3 is 21.5 Å². The monoisotopic (exact) mass is 286 g/mol. The number of nitrogen functional groups attached to an aromatic ring is 1. The second kappa shape index (κ2) is 6.13. The predicted octanol–water partition coefficient (Wildman–Crippen LogP) is 1.69. The average molecular weight is 286 g/mol. The van der Waals surface area contributed by atoms with E-state index in [4.69, 9.17) is 16.2 Å². The van der Waals surface area contributed by atoms with Gasteiger partial charge in [-0.2, -0.15) is 0 Å². The summed E-state index contributed by atoms with van der Waals surface area (Å²) in [5.41, 5.74) is 13.9. The van der Waals surface area contributed by atoms with Crippen LogP contribution in [0.5, 0.6) is 5.75 Å². The fourth-order valence-electron chi connectivity index (χ4n) is 2.08. The van der Waals surface area contributed by atoms with Crippen LogP contribution in [0.25, 0.3) is 0 Å². The topological polar surface area (TPSA) is 103 Å². The molecular weight excluding hydrogens is 268 g/mol. The standard InChI is InChI=1S/C15H18N4O2/c1-9-5-6-18-15(13(9)14(17)20)19-8-10-3-4-12(21-2)11(16)7-10/h3-7H,8,16H2,1-2H3,(H2,17,20)(H,18,19). The molecule has 6 heteroatoms. The summed E-state index contributed by atoms with van der Waals surface area (Å²) in [5, 5.41) is 3.11. The van der Waals surface area contributed by atoms with Crippen molar-refractivity contribution in [2.24, 2.45) is 5.73 Å². The molecule has 0 aliphatic heterocycles. The molecule has 0 saturated heterocycles. The number of amides is 1. The van der Waals surface area contributed by atoms with Crippen molar-refractivity contribution in [1.29, 1.82) is 0 Å². The Bertz CT molecular complexity index is 671. The van der Waals surface area contributed by atoms with Crippen LogP contribution in [-0.2, 0) is 6.54 Å². The number of nitrogens with zero attached hydrogens (tertiary/aromatic N) is 1. The Kier molecular flexibility index (Phi) is 4.27. The van der Waals surface area contributed by atoms with Crippen LogP contribution in [0.3, 0.4) is 0 Å². The molecule has 0 atom stereocenters. The van der Waals surface area contributed by atoms with Crippen molar-refractivity contribution >= 4 is 17.4 Å². The number of anilines is 2. The van der Waals surface area contributed by atoms with Crippen LogP contribution in [0.2, 0.25) is 0 Å². The van der Waals surface area contributed by atoms with E-state index in [-0.39, 0.29) is 0 Å². The lowest BCUT2D eigenvalue weighted by molar-refractivity contribution is 0.1000. The minimum Gasteiger partial charge on any atom is -0.495 e. The molecule has 2 rings (SSSR count). The third kappa shape index (κ3) is 3.22. The van der Waals surface area contributed by atoms with Crippen LogP contribution in [0.1, 0.15) is 21.5 Å². The highest BCUT2D eigenvalue weighted by molar-refractivity contribution is 5.98. The summed E-state index contributed by atoms with van der Waals surface area (Å²) < 4.78 is 5.11. The number of primary amides is 1. The highest BCUT2D eigenvalue weighted by atomic mass is 16.5. The number of aryl methyl sites for hydroxylation is 1. The lowest BCUT2D eigenvalue weighted by Gasteiger charge is -2.12. The van der Waals surface area contributed by atoms with E-state index in [0.717, 1.165) is 11.1 Å². The van der Waals surface area contributed by atoms with E-state index in [2.05, 4.69) is 10.3 Å². The lowest BCUT2D eigenvalue weighted by atomic mass is 10.1. The molecule has 0 bridgehead atoms. The highest BCUT2D eigenvalue weighted by Crippen LogP contribution is 2.23. The van der Waals surface area contributed by atoms with Gasteiger partial charge in [0.2, 0.25) is 0 Å². The summed E-state index contributed by atoms with van der Waals surface area (Å²) in [6.07, 6.45) is 1.63. The molecule has 1 heterocycles. The molecule has 6 nitrogen and oxygen atoms in total. The zero-order valence-corrected chi connectivity index (χ0v) is 12.0. The van der Waals surface area contributed by atoms with E-state index in [9.17, 15) is 4.79 Å².